The number of hydrogen-bond donors (Lipinski definition) is 1. The summed E-state index contributed by atoms with van der Waals surface area (Å²) in [6.07, 6.45) is 1.64. The van der Waals surface area contributed by atoms with Gasteiger partial charge in [0.25, 0.3) is 0 Å². The van der Waals surface area contributed by atoms with E-state index >= 15 is 0 Å². The molecule has 0 amide bonds. The van der Waals surface area contributed by atoms with E-state index in [-0.39, 0.29) is 0 Å². The zero-order valence-corrected chi connectivity index (χ0v) is 12.8. The minimum atomic E-state index is -0.438. The molecule has 2 aromatic carbocycles. The lowest BCUT2D eigenvalue weighted by atomic mass is 10.1. The van der Waals surface area contributed by atoms with Crippen LogP contribution in [0.5, 0.6) is 0 Å². The third-order valence-electron chi connectivity index (χ3n) is 3.28. The van der Waals surface area contributed by atoms with Crippen LogP contribution in [-0.2, 0) is 6.54 Å². The number of hydrogen-bond acceptors (Lipinski definition) is 3. The summed E-state index contributed by atoms with van der Waals surface area (Å²) < 4.78 is 0. The zero-order valence-electron chi connectivity index (χ0n) is 12.0. The topological polar surface area (TPSA) is 23.5 Å². The van der Waals surface area contributed by atoms with Crippen molar-refractivity contribution >= 4 is 11.8 Å². The van der Waals surface area contributed by atoms with E-state index in [2.05, 4.69) is 35.4 Å². The van der Waals surface area contributed by atoms with E-state index in [1.54, 1.807) is 11.8 Å². The predicted molar refractivity (Wildman–Crippen MR) is 86.0 cm³/mol. The van der Waals surface area contributed by atoms with Crippen molar-refractivity contribution in [3.05, 3.63) is 65.7 Å². The van der Waals surface area contributed by atoms with Gasteiger partial charge in [0.2, 0.25) is 0 Å². The standard InChI is InChI=1S/C17H21NOS/c1-18(12-14-8-10-16(20-2)11-9-14)13-17(19)15-6-4-3-5-7-15/h3-11,17,19H,12-13H2,1-2H3/t17-/m1/s1. The molecule has 0 unspecified atom stereocenters. The SMILES string of the molecule is CSc1ccc(CN(C)C[C@@H](O)c2ccccc2)cc1. The van der Waals surface area contributed by atoms with Gasteiger partial charge in [0.15, 0.2) is 0 Å². The number of likely N-dealkylation sites (N-methyl/N-ethyl adjacent to an activating group) is 1. The molecular weight excluding hydrogens is 266 g/mol. The minimum absolute atomic E-state index is 0.438. The van der Waals surface area contributed by atoms with Gasteiger partial charge in [-0.05, 0) is 36.6 Å². The molecule has 0 spiro atoms. The van der Waals surface area contributed by atoms with Crippen LogP contribution in [0.2, 0.25) is 0 Å². The van der Waals surface area contributed by atoms with Gasteiger partial charge in [-0.2, -0.15) is 0 Å². The van der Waals surface area contributed by atoms with Crippen molar-refractivity contribution in [1.29, 1.82) is 0 Å². The fraction of sp³-hybridized carbons (Fsp3) is 0.294. The van der Waals surface area contributed by atoms with Crippen LogP contribution in [0.25, 0.3) is 0 Å². The molecule has 2 rings (SSSR count). The van der Waals surface area contributed by atoms with Gasteiger partial charge in [0, 0.05) is 18.0 Å². The van der Waals surface area contributed by atoms with E-state index in [0.29, 0.717) is 6.54 Å². The summed E-state index contributed by atoms with van der Waals surface area (Å²) >= 11 is 1.75. The maximum atomic E-state index is 10.2. The highest BCUT2D eigenvalue weighted by Crippen LogP contribution is 2.17. The lowest BCUT2D eigenvalue weighted by Crippen LogP contribution is -2.24. The molecule has 106 valence electrons. The van der Waals surface area contributed by atoms with Crippen molar-refractivity contribution in [3.8, 4) is 0 Å². The Kier molecular flexibility index (Phi) is 5.65. The molecule has 0 bridgehead atoms. The van der Waals surface area contributed by atoms with Gasteiger partial charge >= 0.3 is 0 Å². The summed E-state index contributed by atoms with van der Waals surface area (Å²) in [6.45, 7) is 1.48. The van der Waals surface area contributed by atoms with Crippen molar-refractivity contribution < 1.29 is 5.11 Å². The monoisotopic (exact) mass is 287 g/mol. The van der Waals surface area contributed by atoms with E-state index in [1.165, 1.54) is 10.5 Å². The molecule has 1 atom stereocenters. The zero-order chi connectivity index (χ0) is 14.4. The van der Waals surface area contributed by atoms with E-state index < -0.39 is 6.10 Å². The summed E-state index contributed by atoms with van der Waals surface area (Å²) in [7, 11) is 2.04. The quantitative estimate of drug-likeness (QED) is 0.822. The molecule has 0 saturated carbocycles. The van der Waals surface area contributed by atoms with Gasteiger partial charge in [-0.25, -0.2) is 0 Å². The summed E-state index contributed by atoms with van der Waals surface area (Å²) in [6, 6.07) is 18.4. The van der Waals surface area contributed by atoms with Crippen molar-refractivity contribution in [3.63, 3.8) is 0 Å². The molecule has 1 N–H and O–H groups in total. The van der Waals surface area contributed by atoms with E-state index in [0.717, 1.165) is 12.1 Å². The van der Waals surface area contributed by atoms with Gasteiger partial charge in [0.05, 0.1) is 6.10 Å². The first-order valence-corrected chi connectivity index (χ1v) is 7.96. The molecule has 0 aliphatic rings. The first kappa shape index (κ1) is 15.1. The van der Waals surface area contributed by atoms with Crippen molar-refractivity contribution in [2.75, 3.05) is 19.8 Å². The van der Waals surface area contributed by atoms with Gasteiger partial charge in [-0.1, -0.05) is 42.5 Å². The summed E-state index contributed by atoms with van der Waals surface area (Å²) in [5.41, 5.74) is 2.24. The molecule has 2 aromatic rings. The van der Waals surface area contributed by atoms with Crippen molar-refractivity contribution in [2.24, 2.45) is 0 Å². The highest BCUT2D eigenvalue weighted by molar-refractivity contribution is 7.98. The highest BCUT2D eigenvalue weighted by Gasteiger charge is 2.10. The molecule has 3 heteroatoms. The van der Waals surface area contributed by atoms with Crippen LogP contribution in [0.15, 0.2) is 59.5 Å². The molecule has 0 heterocycles. The van der Waals surface area contributed by atoms with Crippen LogP contribution in [0.4, 0.5) is 0 Å². The van der Waals surface area contributed by atoms with Gasteiger partial charge in [0.1, 0.15) is 0 Å². The highest BCUT2D eigenvalue weighted by atomic mass is 32.2. The Morgan fingerprint density at radius 3 is 2.30 bits per heavy atom. The predicted octanol–water partition coefficient (Wildman–Crippen LogP) is 3.57. The normalized spacial score (nSPS) is 12.6. The average Bonchev–Trinajstić information content (AvgIpc) is 2.49. The van der Waals surface area contributed by atoms with E-state index in [1.807, 2.05) is 37.4 Å². The maximum absolute atomic E-state index is 10.2. The lowest BCUT2D eigenvalue weighted by molar-refractivity contribution is 0.124. The smallest absolute Gasteiger partial charge is 0.0916 e. The first-order valence-electron chi connectivity index (χ1n) is 6.73. The average molecular weight is 287 g/mol. The molecule has 0 radical (unpaired) electrons. The number of rotatable bonds is 6. The van der Waals surface area contributed by atoms with Gasteiger partial charge < -0.3 is 5.11 Å². The Balaban J connectivity index is 1.90. The van der Waals surface area contributed by atoms with Gasteiger partial charge in [-0.3, -0.25) is 4.90 Å². The van der Waals surface area contributed by atoms with Crippen LogP contribution in [0.1, 0.15) is 17.2 Å². The molecule has 0 aromatic heterocycles. The summed E-state index contributed by atoms with van der Waals surface area (Å²) in [5.74, 6) is 0. The largest absolute Gasteiger partial charge is 0.387 e. The van der Waals surface area contributed by atoms with Crippen molar-refractivity contribution in [2.45, 2.75) is 17.5 Å². The third-order valence-corrected chi connectivity index (χ3v) is 4.02. The number of thioether (sulfide) groups is 1. The first-order chi connectivity index (χ1) is 9.69. The molecule has 2 nitrogen and oxygen atoms in total. The van der Waals surface area contributed by atoms with Crippen molar-refractivity contribution in [1.82, 2.24) is 4.90 Å². The Morgan fingerprint density at radius 2 is 1.70 bits per heavy atom. The van der Waals surface area contributed by atoms with E-state index in [4.69, 9.17) is 0 Å². The second-order valence-corrected chi connectivity index (χ2v) is 5.85. The van der Waals surface area contributed by atoms with E-state index in [9.17, 15) is 5.11 Å². The molecule has 20 heavy (non-hydrogen) atoms. The Morgan fingerprint density at radius 1 is 1.05 bits per heavy atom. The minimum Gasteiger partial charge on any atom is -0.387 e. The van der Waals surface area contributed by atoms with Crippen LogP contribution < -0.4 is 0 Å². The molecule has 0 aliphatic carbocycles. The fourth-order valence-electron chi connectivity index (χ4n) is 2.18. The second kappa shape index (κ2) is 7.48. The molecular formula is C17H21NOS. The van der Waals surface area contributed by atoms with Crippen LogP contribution in [0.3, 0.4) is 0 Å². The Labute approximate surface area is 125 Å². The number of benzene rings is 2. The third kappa shape index (κ3) is 4.37. The van der Waals surface area contributed by atoms with Crippen LogP contribution >= 0.6 is 11.8 Å². The second-order valence-electron chi connectivity index (χ2n) is 4.97. The number of nitrogens with zero attached hydrogens (tertiary/aromatic N) is 1. The number of aliphatic hydroxyl groups excluding tert-OH is 1. The summed E-state index contributed by atoms with van der Waals surface area (Å²) in [4.78, 5) is 3.42. The lowest BCUT2D eigenvalue weighted by Gasteiger charge is -2.21. The molecule has 0 saturated heterocycles. The Bertz CT molecular complexity index is 512. The maximum Gasteiger partial charge on any atom is 0.0916 e. The molecule has 0 fully saturated rings. The van der Waals surface area contributed by atoms with Crippen LogP contribution in [-0.4, -0.2) is 29.9 Å². The van der Waals surface area contributed by atoms with Gasteiger partial charge in [-0.15, -0.1) is 11.8 Å². The summed E-state index contributed by atoms with van der Waals surface area (Å²) in [5, 5.41) is 10.2. The fourth-order valence-corrected chi connectivity index (χ4v) is 2.59. The number of aliphatic hydroxyl groups is 1. The van der Waals surface area contributed by atoms with Crippen LogP contribution in [0, 0.1) is 0 Å². The Hall–Kier alpha value is -1.29. The molecule has 0 aliphatic heterocycles.